The van der Waals surface area contributed by atoms with Gasteiger partial charge in [0.25, 0.3) is 5.56 Å². The fourth-order valence-electron chi connectivity index (χ4n) is 4.16. The van der Waals surface area contributed by atoms with Crippen LogP contribution in [0, 0.1) is 13.8 Å². The highest BCUT2D eigenvalue weighted by Crippen LogP contribution is 2.69. The third kappa shape index (κ3) is 1.54. The van der Waals surface area contributed by atoms with Gasteiger partial charge in [-0.15, -0.1) is 0 Å². The summed E-state index contributed by atoms with van der Waals surface area (Å²) < 4.78 is 15.3. The van der Waals surface area contributed by atoms with Gasteiger partial charge in [-0.05, 0) is 51.7 Å². The van der Waals surface area contributed by atoms with Gasteiger partial charge in [-0.2, -0.15) is 0 Å². The minimum absolute atomic E-state index is 0.123. The molecule has 3 aliphatic rings. The van der Waals surface area contributed by atoms with Gasteiger partial charge in [0.05, 0.1) is 11.3 Å². The van der Waals surface area contributed by atoms with E-state index in [-0.39, 0.29) is 16.8 Å². The maximum atomic E-state index is 13.8. The average molecular weight is 300 g/mol. The number of aryl methyl sites for hydroxylation is 1. The number of alkyl halides is 1. The summed E-state index contributed by atoms with van der Waals surface area (Å²) in [7, 11) is 0. The summed E-state index contributed by atoms with van der Waals surface area (Å²) in [5, 5.41) is 0. The van der Waals surface area contributed by atoms with Crippen LogP contribution in [0.3, 0.4) is 0 Å². The van der Waals surface area contributed by atoms with Crippen LogP contribution < -0.4 is 5.56 Å². The van der Waals surface area contributed by atoms with Crippen LogP contribution in [0.2, 0.25) is 0 Å². The Labute approximate surface area is 127 Å². The van der Waals surface area contributed by atoms with Gasteiger partial charge in [-0.25, -0.2) is 9.37 Å². The number of ketones is 1. The fourth-order valence-corrected chi connectivity index (χ4v) is 4.16. The molecule has 0 radical (unpaired) electrons. The SMILES string of the molecule is CC(=O)c1cc(C)cn2c(=O)c(C)c(C34CC(F)(C3)C4)nc12. The molecule has 0 atom stereocenters. The van der Waals surface area contributed by atoms with Crippen LogP contribution in [0.4, 0.5) is 4.39 Å². The zero-order chi connectivity index (χ0) is 15.9. The number of Topliss-reactive ketones (excluding diaryl/α,β-unsaturated/α-hetero) is 1. The molecule has 0 unspecified atom stereocenters. The standard InChI is InChI=1S/C17H17FN2O2/c1-9-4-12(11(3)21)14-19-13(10(2)15(22)20(14)5-9)16-6-17(18,7-16)8-16/h4-5H,6-8H2,1-3H3. The topological polar surface area (TPSA) is 51.4 Å². The van der Waals surface area contributed by atoms with Crippen molar-refractivity contribution in [3.63, 3.8) is 0 Å². The molecule has 0 amide bonds. The first-order valence-corrected chi connectivity index (χ1v) is 7.49. The predicted octanol–water partition coefficient (Wildman–Crippen LogP) is 2.66. The van der Waals surface area contributed by atoms with Crippen LogP contribution >= 0.6 is 0 Å². The van der Waals surface area contributed by atoms with Gasteiger partial charge in [0, 0.05) is 17.2 Å². The summed E-state index contributed by atoms with van der Waals surface area (Å²) in [5.41, 5.74) is 1.43. The van der Waals surface area contributed by atoms with E-state index in [4.69, 9.17) is 0 Å². The zero-order valence-corrected chi connectivity index (χ0v) is 12.9. The Morgan fingerprint density at radius 3 is 2.50 bits per heavy atom. The third-order valence-corrected chi connectivity index (χ3v) is 5.13. The Kier molecular flexibility index (Phi) is 2.37. The molecule has 0 aliphatic heterocycles. The number of aromatic nitrogens is 2. The van der Waals surface area contributed by atoms with E-state index in [0.29, 0.717) is 41.7 Å². The molecule has 2 aromatic heterocycles. The number of carbonyl (C=O) groups is 1. The highest BCUT2D eigenvalue weighted by atomic mass is 19.1. The Balaban J connectivity index is 2.03. The number of hydrogen-bond acceptors (Lipinski definition) is 3. The normalized spacial score (nSPS) is 29.1. The Morgan fingerprint density at radius 1 is 1.32 bits per heavy atom. The quantitative estimate of drug-likeness (QED) is 0.801. The molecule has 2 heterocycles. The Bertz CT molecular complexity index is 893. The zero-order valence-electron chi connectivity index (χ0n) is 12.9. The van der Waals surface area contributed by atoms with Crippen LogP contribution in [0.5, 0.6) is 0 Å². The number of carbonyl (C=O) groups excluding carboxylic acids is 1. The highest BCUT2D eigenvalue weighted by molar-refractivity contribution is 5.99. The van der Waals surface area contributed by atoms with Crippen LogP contribution in [0.25, 0.3) is 5.65 Å². The molecule has 3 saturated carbocycles. The number of halogens is 1. The molecule has 5 heteroatoms. The van der Waals surface area contributed by atoms with E-state index in [9.17, 15) is 14.0 Å². The van der Waals surface area contributed by atoms with Crippen molar-refractivity contribution in [2.75, 3.05) is 0 Å². The lowest BCUT2D eigenvalue weighted by Gasteiger charge is -2.65. The lowest BCUT2D eigenvalue weighted by atomic mass is 9.41. The monoisotopic (exact) mass is 300 g/mol. The van der Waals surface area contributed by atoms with Crippen molar-refractivity contribution in [1.29, 1.82) is 0 Å². The van der Waals surface area contributed by atoms with Gasteiger partial charge >= 0.3 is 0 Å². The van der Waals surface area contributed by atoms with Crippen molar-refractivity contribution in [3.8, 4) is 0 Å². The van der Waals surface area contributed by atoms with Crippen molar-refractivity contribution in [3.05, 3.63) is 45.0 Å². The lowest BCUT2D eigenvalue weighted by molar-refractivity contribution is -0.160. The van der Waals surface area contributed by atoms with Gasteiger partial charge in [0.15, 0.2) is 11.4 Å². The van der Waals surface area contributed by atoms with Crippen LogP contribution in [-0.2, 0) is 5.41 Å². The van der Waals surface area contributed by atoms with Crippen LogP contribution in [0.1, 0.15) is 53.4 Å². The molecule has 0 N–H and O–H groups in total. The van der Waals surface area contributed by atoms with Gasteiger partial charge in [-0.3, -0.25) is 14.0 Å². The minimum Gasteiger partial charge on any atom is -0.294 e. The molecule has 22 heavy (non-hydrogen) atoms. The third-order valence-electron chi connectivity index (χ3n) is 5.13. The van der Waals surface area contributed by atoms with Gasteiger partial charge in [-0.1, -0.05) is 0 Å². The second-order valence-corrected chi connectivity index (χ2v) is 7.03. The van der Waals surface area contributed by atoms with E-state index in [0.717, 1.165) is 5.56 Å². The van der Waals surface area contributed by atoms with E-state index in [1.54, 1.807) is 19.2 Å². The molecular formula is C17H17FN2O2. The van der Waals surface area contributed by atoms with Crippen molar-refractivity contribution in [2.24, 2.45) is 0 Å². The van der Waals surface area contributed by atoms with E-state index in [1.165, 1.54) is 11.3 Å². The summed E-state index contributed by atoms with van der Waals surface area (Å²) in [4.78, 5) is 29.2. The van der Waals surface area contributed by atoms with E-state index >= 15 is 0 Å². The maximum Gasteiger partial charge on any atom is 0.261 e. The molecule has 4 nitrogen and oxygen atoms in total. The molecule has 0 saturated heterocycles. The first-order chi connectivity index (χ1) is 10.2. The minimum atomic E-state index is -1.05. The highest BCUT2D eigenvalue weighted by Gasteiger charge is 2.71. The average Bonchev–Trinajstić information content (AvgIpc) is 2.38. The van der Waals surface area contributed by atoms with Crippen LogP contribution in [0.15, 0.2) is 17.1 Å². The second kappa shape index (κ2) is 3.83. The molecule has 0 spiro atoms. The number of nitrogens with zero attached hydrogens (tertiary/aromatic N) is 2. The summed E-state index contributed by atoms with van der Waals surface area (Å²) in [6.07, 6.45) is 3.05. The van der Waals surface area contributed by atoms with Gasteiger partial charge in [0.2, 0.25) is 0 Å². The smallest absolute Gasteiger partial charge is 0.261 e. The summed E-state index contributed by atoms with van der Waals surface area (Å²) in [6, 6.07) is 1.75. The van der Waals surface area contributed by atoms with Crippen LogP contribution in [-0.4, -0.2) is 20.8 Å². The van der Waals surface area contributed by atoms with Gasteiger partial charge in [0.1, 0.15) is 5.67 Å². The number of pyridine rings is 1. The Hall–Kier alpha value is -2.04. The molecule has 3 aliphatic carbocycles. The molecule has 3 fully saturated rings. The molecule has 5 rings (SSSR count). The predicted molar refractivity (Wildman–Crippen MR) is 80.3 cm³/mol. The lowest BCUT2D eigenvalue weighted by Crippen LogP contribution is -2.67. The van der Waals surface area contributed by atoms with Crippen molar-refractivity contribution in [1.82, 2.24) is 9.38 Å². The molecule has 2 bridgehead atoms. The molecular weight excluding hydrogens is 283 g/mol. The van der Waals surface area contributed by atoms with Crippen molar-refractivity contribution >= 4 is 11.4 Å². The first-order valence-electron chi connectivity index (χ1n) is 7.49. The molecule has 114 valence electrons. The van der Waals surface area contributed by atoms with E-state index < -0.39 is 5.67 Å². The maximum absolute atomic E-state index is 13.8. The summed E-state index contributed by atoms with van der Waals surface area (Å²) in [5.74, 6) is -0.123. The van der Waals surface area contributed by atoms with Crippen molar-refractivity contribution < 1.29 is 9.18 Å². The second-order valence-electron chi connectivity index (χ2n) is 7.03. The summed E-state index contributed by atoms with van der Waals surface area (Å²) >= 11 is 0. The van der Waals surface area contributed by atoms with Crippen molar-refractivity contribution in [2.45, 2.75) is 51.1 Å². The Morgan fingerprint density at radius 2 is 1.95 bits per heavy atom. The molecule has 0 aromatic carbocycles. The van der Waals surface area contributed by atoms with E-state index in [2.05, 4.69) is 4.98 Å². The summed E-state index contributed by atoms with van der Waals surface area (Å²) in [6.45, 7) is 5.06. The largest absolute Gasteiger partial charge is 0.294 e. The van der Waals surface area contributed by atoms with E-state index in [1.807, 2.05) is 6.92 Å². The molecule has 2 aromatic rings. The number of rotatable bonds is 2. The fraction of sp³-hybridized carbons (Fsp3) is 0.471. The first kappa shape index (κ1) is 13.6. The number of fused-ring (bicyclic) bond motifs is 1. The van der Waals surface area contributed by atoms with Gasteiger partial charge < -0.3 is 0 Å². The number of hydrogen-bond donors (Lipinski definition) is 0.